The molecule has 0 fully saturated rings. The second kappa shape index (κ2) is 45.0. The summed E-state index contributed by atoms with van der Waals surface area (Å²) in [5.41, 5.74) is 16.3. The number of carbonyl (C=O) groups excluding carboxylic acids is 6. The highest BCUT2D eigenvalue weighted by Gasteiger charge is 2.31. The normalized spacial score (nSPS) is 12.6. The topological polar surface area (TPSA) is 436 Å². The Morgan fingerprint density at radius 2 is 0.974 bits per heavy atom. The molecule has 0 aromatic heterocycles. The number of aliphatic imine (C=N–C) groups is 1. The molecule has 0 spiro atoms. The maximum Gasteiger partial charge on any atom is 0.317 e. The molecule has 0 saturated carbocycles. The van der Waals surface area contributed by atoms with Gasteiger partial charge in [-0.3, -0.25) is 57.8 Å². The van der Waals surface area contributed by atoms with E-state index >= 15 is 0 Å². The van der Waals surface area contributed by atoms with Gasteiger partial charge in [-0.1, -0.05) is 64.2 Å². The lowest BCUT2D eigenvalue weighted by atomic mass is 10.0. The van der Waals surface area contributed by atoms with Crippen LogP contribution in [0.1, 0.15) is 148 Å². The zero-order valence-electron chi connectivity index (χ0n) is 44.5. The number of unbranched alkanes of at least 4 members (excludes halogenated alkanes) is 13. The highest BCUT2D eigenvalue weighted by Crippen LogP contribution is 2.14. The molecule has 0 aliphatic rings. The van der Waals surface area contributed by atoms with Gasteiger partial charge in [0.25, 0.3) is 0 Å². The summed E-state index contributed by atoms with van der Waals surface area (Å²) in [6.07, 6.45) is 14.1. The average molecular weight is 1090 g/mol. The van der Waals surface area contributed by atoms with E-state index in [2.05, 4.69) is 36.9 Å². The minimum atomic E-state index is -1.66. The van der Waals surface area contributed by atoms with Crippen molar-refractivity contribution in [3.05, 3.63) is 0 Å². The largest absolute Gasteiger partial charge is 0.481 e. The Balaban J connectivity index is 4.89. The number of primary amides is 1. The smallest absolute Gasteiger partial charge is 0.317 e. The molecule has 0 aromatic carbocycles. The third-order valence-corrected chi connectivity index (χ3v) is 11.8. The van der Waals surface area contributed by atoms with Crippen molar-refractivity contribution in [1.82, 2.24) is 36.8 Å². The van der Waals surface area contributed by atoms with Crippen LogP contribution in [0.25, 0.3) is 0 Å². The van der Waals surface area contributed by atoms with Crippen LogP contribution in [-0.4, -0.2) is 188 Å². The second-order valence-corrected chi connectivity index (χ2v) is 18.5. The van der Waals surface area contributed by atoms with E-state index < -0.39 is 97.1 Å². The molecule has 0 heterocycles. The molecule has 0 aromatic rings. The molecule has 27 heteroatoms. The third kappa shape index (κ3) is 41.1. The monoisotopic (exact) mass is 1090 g/mol. The van der Waals surface area contributed by atoms with Crippen molar-refractivity contribution in [2.75, 3.05) is 72.7 Å². The zero-order valence-corrected chi connectivity index (χ0v) is 44.5. The van der Waals surface area contributed by atoms with Crippen molar-refractivity contribution < 1.29 is 77.8 Å². The quantitative estimate of drug-likeness (QED) is 0.0211. The van der Waals surface area contributed by atoms with Gasteiger partial charge in [-0.15, -0.1) is 0 Å². The molecule has 16 N–H and O–H groups in total. The summed E-state index contributed by atoms with van der Waals surface area (Å²) in [6, 6.07) is -5.21. The first kappa shape index (κ1) is 69.8. The fourth-order valence-corrected chi connectivity index (χ4v) is 7.76. The van der Waals surface area contributed by atoms with Crippen LogP contribution in [0.3, 0.4) is 0 Å². The van der Waals surface area contributed by atoms with Crippen LogP contribution in [-0.2, 0) is 57.4 Å². The fourth-order valence-electron chi connectivity index (χ4n) is 7.76. The van der Waals surface area contributed by atoms with E-state index in [0.717, 1.165) is 56.3 Å². The lowest BCUT2D eigenvalue weighted by Crippen LogP contribution is -2.58. The number of guanidine groups is 1. The molecule has 0 bridgehead atoms. The first-order valence-corrected chi connectivity index (χ1v) is 26.5. The van der Waals surface area contributed by atoms with Gasteiger partial charge in [0, 0.05) is 32.5 Å². The number of hydrogen-bond donors (Lipinski definition) is 13. The second-order valence-electron chi connectivity index (χ2n) is 18.5. The highest BCUT2D eigenvalue weighted by atomic mass is 16.5. The number of likely N-dealkylation sites (N-methyl/N-ethyl adjacent to an activating group) is 1. The van der Waals surface area contributed by atoms with Crippen LogP contribution in [0.15, 0.2) is 4.99 Å². The van der Waals surface area contributed by atoms with Crippen LogP contribution in [0.5, 0.6) is 0 Å². The minimum absolute atomic E-state index is 0.0105. The molecule has 0 unspecified atom stereocenters. The van der Waals surface area contributed by atoms with Gasteiger partial charge in [0.1, 0.15) is 24.7 Å². The molecule has 76 heavy (non-hydrogen) atoms. The van der Waals surface area contributed by atoms with E-state index in [0.29, 0.717) is 32.2 Å². The number of nitrogens with one attached hydrogen (secondary N) is 6. The molecule has 0 rings (SSSR count). The van der Waals surface area contributed by atoms with Gasteiger partial charge in [-0.25, -0.2) is 0 Å². The van der Waals surface area contributed by atoms with Gasteiger partial charge in [-0.2, -0.15) is 0 Å². The number of carboxylic acids is 4. The number of aliphatic carboxylic acids is 4. The number of amides is 6. The number of nitrogens with two attached hydrogens (primary N) is 3. The molecular weight excluding hydrogens is 999 g/mol. The molecule has 436 valence electrons. The predicted octanol–water partition coefficient (Wildman–Crippen LogP) is -0.334. The first-order valence-electron chi connectivity index (χ1n) is 26.5. The van der Waals surface area contributed by atoms with E-state index in [4.69, 9.17) is 31.8 Å². The van der Waals surface area contributed by atoms with Crippen molar-refractivity contribution in [1.29, 1.82) is 0 Å². The van der Waals surface area contributed by atoms with Crippen molar-refractivity contribution in [2.45, 2.75) is 172 Å². The summed E-state index contributed by atoms with van der Waals surface area (Å²) in [7, 11) is 1.48. The van der Waals surface area contributed by atoms with Crippen LogP contribution in [0.4, 0.5) is 0 Å². The third-order valence-electron chi connectivity index (χ3n) is 11.8. The average Bonchev–Trinajstić information content (AvgIpc) is 3.34. The molecule has 0 saturated heterocycles. The lowest BCUT2D eigenvalue weighted by Gasteiger charge is -2.26. The SMILES string of the molecule is CN[C@@H](CCCN=C(N)N)C(=O)N[C@@H](CC(=O)O)C(=O)N[C@@H](CCCCN(CC(=O)O)CC(=O)O)C(=O)N[C@@H](CCCCNC(=O)COCCOCCNC(=O)CCCCCCCCCCCCCCC(=O)O)C(N)=O. The lowest BCUT2D eigenvalue weighted by molar-refractivity contribution is -0.142. The van der Waals surface area contributed by atoms with Crippen molar-refractivity contribution in [3.63, 3.8) is 0 Å². The maximum absolute atomic E-state index is 13.7. The number of nitrogens with zero attached hydrogens (tertiary/aromatic N) is 2. The summed E-state index contributed by atoms with van der Waals surface area (Å²) in [5.74, 6) is -8.83. The summed E-state index contributed by atoms with van der Waals surface area (Å²) in [5, 5.41) is 52.3. The number of rotatable bonds is 51. The summed E-state index contributed by atoms with van der Waals surface area (Å²) in [6.45, 7) is -0.0242. The number of carbonyl (C=O) groups is 10. The zero-order chi connectivity index (χ0) is 56.9. The van der Waals surface area contributed by atoms with Crippen LogP contribution in [0.2, 0.25) is 0 Å². The number of ether oxygens (including phenoxy) is 2. The summed E-state index contributed by atoms with van der Waals surface area (Å²) >= 11 is 0. The Kier molecular flexibility index (Phi) is 41.4. The molecule has 27 nitrogen and oxygen atoms in total. The van der Waals surface area contributed by atoms with Crippen molar-refractivity contribution in [3.8, 4) is 0 Å². The summed E-state index contributed by atoms with van der Waals surface area (Å²) in [4.78, 5) is 127. The van der Waals surface area contributed by atoms with Gasteiger partial charge in [0.15, 0.2) is 5.96 Å². The van der Waals surface area contributed by atoms with E-state index in [9.17, 15) is 63.3 Å². The Bertz CT molecular complexity index is 1760. The maximum atomic E-state index is 13.7. The van der Waals surface area contributed by atoms with Gasteiger partial charge in [0.05, 0.1) is 45.4 Å². The van der Waals surface area contributed by atoms with Crippen molar-refractivity contribution >= 4 is 65.3 Å². The molecule has 6 amide bonds. The van der Waals surface area contributed by atoms with E-state index in [1.54, 1.807) is 0 Å². The molecule has 0 aliphatic heterocycles. The minimum Gasteiger partial charge on any atom is -0.481 e. The van der Waals surface area contributed by atoms with Gasteiger partial charge in [-0.05, 0) is 77.8 Å². The standard InChI is InChI=1S/C49H89N11O16/c1-53-36(21-18-25-56-49(51)52)46(72)59-38(31-42(65)66)48(74)58-37(20-15-17-27-60(32-43(67)68)33-44(69)70)47(73)57-35(45(50)71)19-14-16-24-54-40(62)34-76-30-29-75-28-26-55-39(61)22-12-10-8-6-4-2-3-5-7-9-11-13-23-41(63)64/h35-38,53H,2-34H2,1H3,(H2,50,71)(H,54,62)(H,55,61)(H,57,73)(H,58,74)(H,59,72)(H,63,64)(H,65,66)(H,67,68)(H,69,70)(H4,51,52,56)/t35-,36-,37-,38-/m0/s1. The van der Waals surface area contributed by atoms with Crippen molar-refractivity contribution in [2.24, 2.45) is 22.2 Å². The van der Waals surface area contributed by atoms with E-state index in [-0.39, 0.29) is 96.5 Å². The van der Waals surface area contributed by atoms with Gasteiger partial charge >= 0.3 is 23.9 Å². The Hall–Kier alpha value is -6.19. The Labute approximate surface area is 445 Å². The molecular formula is C49H89N11O16. The number of carboxylic acid groups (broad SMARTS) is 4. The van der Waals surface area contributed by atoms with Gasteiger partial charge in [0.2, 0.25) is 35.4 Å². The highest BCUT2D eigenvalue weighted by molar-refractivity contribution is 5.96. The van der Waals surface area contributed by atoms with E-state index in [1.165, 1.54) is 32.7 Å². The predicted molar refractivity (Wildman–Crippen MR) is 279 cm³/mol. The Morgan fingerprint density at radius 3 is 1.53 bits per heavy atom. The molecule has 4 atom stereocenters. The fraction of sp³-hybridized carbons (Fsp3) is 0.776. The Morgan fingerprint density at radius 1 is 0.487 bits per heavy atom. The van der Waals surface area contributed by atoms with E-state index in [1.807, 2.05) is 0 Å². The van der Waals surface area contributed by atoms with Crippen LogP contribution >= 0.6 is 0 Å². The summed E-state index contributed by atoms with van der Waals surface area (Å²) < 4.78 is 10.8. The number of hydrogen-bond acceptors (Lipinski definition) is 15. The molecule has 0 radical (unpaired) electrons. The van der Waals surface area contributed by atoms with Crippen LogP contribution < -0.4 is 49.1 Å². The molecule has 0 aliphatic carbocycles. The van der Waals surface area contributed by atoms with Gasteiger partial charge < -0.3 is 79.0 Å². The van der Waals surface area contributed by atoms with Crippen LogP contribution in [0, 0.1) is 0 Å². The first-order chi connectivity index (χ1) is 36.2.